The summed E-state index contributed by atoms with van der Waals surface area (Å²) in [6.07, 6.45) is 8.89. The second-order valence-corrected chi connectivity index (χ2v) is 8.16. The van der Waals surface area contributed by atoms with Crippen molar-refractivity contribution in [2.45, 2.75) is 65.1 Å². The fraction of sp³-hybridized carbons (Fsp3) is 0.478. The molecule has 1 fully saturated rings. The van der Waals surface area contributed by atoms with Crippen molar-refractivity contribution in [3.8, 4) is 0 Å². The molecule has 0 bridgehead atoms. The number of hydrogen-bond donors (Lipinski definition) is 1. The van der Waals surface area contributed by atoms with E-state index in [9.17, 15) is 0 Å². The van der Waals surface area contributed by atoms with Gasteiger partial charge in [0.15, 0.2) is 0 Å². The fourth-order valence-corrected chi connectivity index (χ4v) is 4.34. The van der Waals surface area contributed by atoms with Gasteiger partial charge in [-0.15, -0.1) is 0 Å². The van der Waals surface area contributed by atoms with Crippen molar-refractivity contribution in [3.63, 3.8) is 0 Å². The molecule has 0 spiro atoms. The van der Waals surface area contributed by atoms with E-state index in [4.69, 9.17) is 4.98 Å². The van der Waals surface area contributed by atoms with Crippen LogP contribution in [0, 0.1) is 13.8 Å². The zero-order valence-corrected chi connectivity index (χ0v) is 17.3. The van der Waals surface area contributed by atoms with Crippen molar-refractivity contribution in [2.24, 2.45) is 0 Å². The number of hydrogen-bond acceptors (Lipinski definition) is 4. The van der Waals surface area contributed by atoms with Crippen molar-refractivity contribution >= 4 is 11.5 Å². The summed E-state index contributed by atoms with van der Waals surface area (Å²) in [5.41, 5.74) is 5.73. The Balaban J connectivity index is 1.46. The van der Waals surface area contributed by atoms with Crippen LogP contribution in [0.4, 0.5) is 5.69 Å². The summed E-state index contributed by atoms with van der Waals surface area (Å²) in [6.45, 7) is 5.79. The molecule has 0 radical (unpaired) electrons. The van der Waals surface area contributed by atoms with Crippen LogP contribution >= 0.6 is 0 Å². The van der Waals surface area contributed by atoms with Crippen LogP contribution in [-0.4, -0.2) is 32.4 Å². The Labute approximate surface area is 167 Å². The minimum atomic E-state index is 0.700. The second kappa shape index (κ2) is 8.31. The predicted molar refractivity (Wildman–Crippen MR) is 115 cm³/mol. The van der Waals surface area contributed by atoms with Gasteiger partial charge in [0.05, 0.1) is 12.2 Å². The van der Waals surface area contributed by atoms with Crippen LogP contribution in [0.25, 0.3) is 5.78 Å². The molecule has 0 atom stereocenters. The van der Waals surface area contributed by atoms with Gasteiger partial charge in [-0.3, -0.25) is 9.30 Å². The van der Waals surface area contributed by atoms with E-state index in [-0.39, 0.29) is 0 Å². The highest BCUT2D eigenvalue weighted by Gasteiger charge is 2.18. The molecule has 1 N–H and O–H groups in total. The van der Waals surface area contributed by atoms with E-state index in [1.807, 2.05) is 6.92 Å². The van der Waals surface area contributed by atoms with Crippen LogP contribution < -0.4 is 5.32 Å². The van der Waals surface area contributed by atoms with Gasteiger partial charge in [-0.1, -0.05) is 37.5 Å². The molecule has 0 aliphatic heterocycles. The first-order chi connectivity index (χ1) is 13.6. The zero-order chi connectivity index (χ0) is 19.5. The Morgan fingerprint density at radius 3 is 2.71 bits per heavy atom. The molecule has 0 saturated heterocycles. The first-order valence-corrected chi connectivity index (χ1v) is 10.4. The van der Waals surface area contributed by atoms with Gasteiger partial charge in [-0.2, -0.15) is 0 Å². The number of aryl methyl sites for hydroxylation is 2. The van der Waals surface area contributed by atoms with Crippen LogP contribution in [0.1, 0.15) is 54.7 Å². The maximum Gasteiger partial charge on any atom is 0.234 e. The summed E-state index contributed by atoms with van der Waals surface area (Å²) in [6, 6.07) is 11.5. The fourth-order valence-electron chi connectivity index (χ4n) is 4.34. The monoisotopic (exact) mass is 377 g/mol. The number of imidazole rings is 1. The van der Waals surface area contributed by atoms with Crippen molar-refractivity contribution in [1.29, 1.82) is 0 Å². The smallest absolute Gasteiger partial charge is 0.234 e. The molecule has 2 aromatic heterocycles. The Hall–Kier alpha value is -2.40. The first kappa shape index (κ1) is 18.9. The Bertz CT molecular complexity index is 939. The molecule has 1 aliphatic carbocycles. The van der Waals surface area contributed by atoms with Crippen LogP contribution in [0.15, 0.2) is 36.5 Å². The summed E-state index contributed by atoms with van der Waals surface area (Å²) >= 11 is 0. The minimum Gasteiger partial charge on any atom is -0.379 e. The zero-order valence-electron chi connectivity index (χ0n) is 17.3. The highest BCUT2D eigenvalue weighted by atomic mass is 15.1. The SMILES string of the molecule is Cc1cc(C)n2cc(CNc3ccccc3CN(C)C3CCCCC3)nc2n1. The predicted octanol–water partition coefficient (Wildman–Crippen LogP) is 4.72. The van der Waals surface area contributed by atoms with Crippen molar-refractivity contribution < 1.29 is 0 Å². The third-order valence-corrected chi connectivity index (χ3v) is 5.91. The van der Waals surface area contributed by atoms with Crippen molar-refractivity contribution in [3.05, 3.63) is 59.2 Å². The lowest BCUT2D eigenvalue weighted by Gasteiger charge is -2.31. The van der Waals surface area contributed by atoms with E-state index in [1.165, 1.54) is 43.4 Å². The van der Waals surface area contributed by atoms with Gasteiger partial charge >= 0.3 is 0 Å². The minimum absolute atomic E-state index is 0.700. The average Bonchev–Trinajstić information content (AvgIpc) is 3.11. The number of fused-ring (bicyclic) bond motifs is 1. The lowest BCUT2D eigenvalue weighted by atomic mass is 9.94. The number of aromatic nitrogens is 3. The van der Waals surface area contributed by atoms with Crippen LogP contribution in [-0.2, 0) is 13.1 Å². The van der Waals surface area contributed by atoms with E-state index in [2.05, 4.69) is 70.1 Å². The standard InChI is InChI=1S/C23H31N5/c1-17-13-18(2)28-16-20(26-23(28)25-17)14-24-22-12-8-7-9-19(22)15-27(3)21-10-5-4-6-11-21/h7-9,12-13,16,21,24H,4-6,10-11,14-15H2,1-3H3. The Morgan fingerprint density at radius 2 is 1.89 bits per heavy atom. The molecule has 5 heteroatoms. The lowest BCUT2D eigenvalue weighted by Crippen LogP contribution is -2.33. The molecule has 1 aromatic carbocycles. The van der Waals surface area contributed by atoms with Gasteiger partial charge < -0.3 is 5.32 Å². The molecule has 0 amide bonds. The normalized spacial score (nSPS) is 15.4. The molecular formula is C23H31N5. The average molecular weight is 378 g/mol. The van der Waals surface area contributed by atoms with Crippen molar-refractivity contribution in [1.82, 2.24) is 19.3 Å². The van der Waals surface area contributed by atoms with E-state index in [0.717, 1.165) is 35.4 Å². The molecule has 148 valence electrons. The van der Waals surface area contributed by atoms with Gasteiger partial charge in [0.25, 0.3) is 0 Å². The van der Waals surface area contributed by atoms with Gasteiger partial charge in [0.2, 0.25) is 5.78 Å². The largest absolute Gasteiger partial charge is 0.379 e. The number of rotatable bonds is 6. The molecule has 3 aromatic rings. The number of benzene rings is 1. The molecule has 0 unspecified atom stereocenters. The topological polar surface area (TPSA) is 45.5 Å². The van der Waals surface area contributed by atoms with Gasteiger partial charge in [0.1, 0.15) is 0 Å². The maximum absolute atomic E-state index is 4.69. The van der Waals surface area contributed by atoms with Gasteiger partial charge in [-0.25, -0.2) is 9.97 Å². The molecule has 4 rings (SSSR count). The number of para-hydroxylation sites is 1. The summed E-state index contributed by atoms with van der Waals surface area (Å²) in [7, 11) is 2.27. The Kier molecular flexibility index (Phi) is 5.62. The number of nitrogens with zero attached hydrogens (tertiary/aromatic N) is 4. The van der Waals surface area contributed by atoms with Gasteiger partial charge in [-0.05, 0) is 51.4 Å². The highest BCUT2D eigenvalue weighted by molar-refractivity contribution is 5.51. The van der Waals surface area contributed by atoms with Crippen molar-refractivity contribution in [2.75, 3.05) is 12.4 Å². The molecule has 1 saturated carbocycles. The second-order valence-electron chi connectivity index (χ2n) is 8.16. The van der Waals surface area contributed by atoms with Crippen LogP contribution in [0.3, 0.4) is 0 Å². The lowest BCUT2D eigenvalue weighted by molar-refractivity contribution is 0.185. The summed E-state index contributed by atoms with van der Waals surface area (Å²) < 4.78 is 2.06. The van der Waals surface area contributed by atoms with E-state index < -0.39 is 0 Å². The van der Waals surface area contributed by atoms with Crippen LogP contribution in [0.2, 0.25) is 0 Å². The molecule has 28 heavy (non-hydrogen) atoms. The quantitative estimate of drug-likeness (QED) is 0.675. The molecule has 5 nitrogen and oxygen atoms in total. The summed E-state index contributed by atoms with van der Waals surface area (Å²) in [5, 5.41) is 3.60. The molecule has 1 aliphatic rings. The van der Waals surface area contributed by atoms with E-state index in [0.29, 0.717) is 6.54 Å². The van der Waals surface area contributed by atoms with Gasteiger partial charge in [0, 0.05) is 35.9 Å². The van der Waals surface area contributed by atoms with E-state index >= 15 is 0 Å². The number of anilines is 1. The summed E-state index contributed by atoms with van der Waals surface area (Å²) in [5.74, 6) is 0.777. The molecular weight excluding hydrogens is 346 g/mol. The van der Waals surface area contributed by atoms with Crippen LogP contribution in [0.5, 0.6) is 0 Å². The first-order valence-electron chi connectivity index (χ1n) is 10.4. The highest BCUT2D eigenvalue weighted by Crippen LogP contribution is 2.25. The third-order valence-electron chi connectivity index (χ3n) is 5.91. The number of nitrogens with one attached hydrogen (secondary N) is 1. The molecule has 2 heterocycles. The summed E-state index contributed by atoms with van der Waals surface area (Å²) in [4.78, 5) is 11.8. The third kappa shape index (κ3) is 4.20. The Morgan fingerprint density at radius 1 is 1.11 bits per heavy atom. The van der Waals surface area contributed by atoms with E-state index in [1.54, 1.807) is 0 Å². The maximum atomic E-state index is 4.69.